The van der Waals surface area contributed by atoms with Crippen molar-refractivity contribution < 1.29 is 9.53 Å². The van der Waals surface area contributed by atoms with Crippen LogP contribution in [0, 0.1) is 19.8 Å². The van der Waals surface area contributed by atoms with Crippen molar-refractivity contribution in [2.75, 3.05) is 12.4 Å². The van der Waals surface area contributed by atoms with Gasteiger partial charge in [0.1, 0.15) is 5.75 Å². The van der Waals surface area contributed by atoms with E-state index >= 15 is 0 Å². The first-order valence-corrected chi connectivity index (χ1v) is 10.7. The number of methoxy groups -OCH3 is 1. The minimum Gasteiger partial charge on any atom is -0.495 e. The molecule has 0 unspecified atom stereocenters. The molecule has 1 aromatic carbocycles. The third-order valence-electron chi connectivity index (χ3n) is 4.86. The molecular weight excluding hydrogens is 384 g/mol. The van der Waals surface area contributed by atoms with Crippen molar-refractivity contribution in [2.45, 2.75) is 47.0 Å². The molecule has 6 nitrogen and oxygen atoms in total. The number of hydrogen-bond donors (Lipinski definition) is 1. The summed E-state index contributed by atoms with van der Waals surface area (Å²) in [7, 11) is 1.58. The molecule has 1 N–H and O–H groups in total. The van der Waals surface area contributed by atoms with Crippen molar-refractivity contribution >= 4 is 22.9 Å². The smallest absolute Gasteiger partial charge is 0.230 e. The van der Waals surface area contributed by atoms with Gasteiger partial charge in [0.25, 0.3) is 0 Å². The molecule has 2 aromatic heterocycles. The van der Waals surface area contributed by atoms with Gasteiger partial charge in [-0.05, 0) is 50.3 Å². The lowest BCUT2D eigenvalue weighted by molar-refractivity contribution is -0.115. The largest absolute Gasteiger partial charge is 0.495 e. The second-order valence-electron chi connectivity index (χ2n) is 7.54. The van der Waals surface area contributed by atoms with Crippen molar-refractivity contribution in [3.8, 4) is 10.9 Å². The summed E-state index contributed by atoms with van der Waals surface area (Å²) in [5.41, 5.74) is 4.86. The highest BCUT2D eigenvalue weighted by atomic mass is 32.1. The van der Waals surface area contributed by atoms with E-state index in [4.69, 9.17) is 4.74 Å². The summed E-state index contributed by atoms with van der Waals surface area (Å²) < 4.78 is 7.18. The molecule has 3 aromatic rings. The molecule has 0 spiro atoms. The van der Waals surface area contributed by atoms with Crippen LogP contribution in [-0.4, -0.2) is 27.8 Å². The number of ether oxygens (including phenoxy) is 1. The van der Waals surface area contributed by atoms with Gasteiger partial charge in [-0.15, -0.1) is 11.3 Å². The predicted molar refractivity (Wildman–Crippen MR) is 117 cm³/mol. The molecule has 0 atom stereocenters. The number of para-hydroxylation sites is 2. The zero-order valence-corrected chi connectivity index (χ0v) is 18.5. The second kappa shape index (κ2) is 9.22. The molecule has 2 heterocycles. The Morgan fingerprint density at radius 1 is 1.28 bits per heavy atom. The van der Waals surface area contributed by atoms with Gasteiger partial charge in [0.05, 0.1) is 30.6 Å². The summed E-state index contributed by atoms with van der Waals surface area (Å²) in [5.74, 6) is 1.17. The van der Waals surface area contributed by atoms with Crippen molar-refractivity contribution in [1.82, 2.24) is 14.8 Å². The number of amides is 1. The second-order valence-corrected chi connectivity index (χ2v) is 8.38. The third kappa shape index (κ3) is 5.03. The number of aromatic nitrogens is 3. The zero-order valence-electron chi connectivity index (χ0n) is 17.7. The normalized spacial score (nSPS) is 11.1. The highest BCUT2D eigenvalue weighted by Crippen LogP contribution is 2.25. The van der Waals surface area contributed by atoms with Crippen molar-refractivity contribution in [3.05, 3.63) is 52.3 Å². The lowest BCUT2D eigenvalue weighted by Gasteiger charge is -2.09. The number of nitrogens with one attached hydrogen (secondary N) is 1. The molecule has 1 amide bonds. The SMILES string of the molecule is COc1ccccc1NC(=O)Cc1csc(-n2nc(C)c(CCC(C)C)c2C)n1. The maximum absolute atomic E-state index is 12.4. The van der Waals surface area contributed by atoms with Crippen LogP contribution in [0.4, 0.5) is 5.69 Å². The first kappa shape index (κ1) is 21.0. The Hall–Kier alpha value is -2.67. The van der Waals surface area contributed by atoms with Gasteiger partial charge in [-0.3, -0.25) is 4.79 Å². The summed E-state index contributed by atoms with van der Waals surface area (Å²) in [6.07, 6.45) is 2.36. The fourth-order valence-electron chi connectivity index (χ4n) is 3.24. The van der Waals surface area contributed by atoms with Gasteiger partial charge in [0, 0.05) is 11.1 Å². The number of thiazole rings is 1. The summed E-state index contributed by atoms with van der Waals surface area (Å²) in [4.78, 5) is 17.1. The van der Waals surface area contributed by atoms with Gasteiger partial charge in [0.2, 0.25) is 11.0 Å². The Bertz CT molecular complexity index is 991. The van der Waals surface area contributed by atoms with Crippen LogP contribution < -0.4 is 10.1 Å². The molecule has 0 saturated heterocycles. The lowest BCUT2D eigenvalue weighted by Crippen LogP contribution is -2.15. The van der Waals surface area contributed by atoms with Gasteiger partial charge in [-0.2, -0.15) is 5.10 Å². The predicted octanol–water partition coefficient (Wildman–Crippen LogP) is 4.72. The Morgan fingerprint density at radius 2 is 2.03 bits per heavy atom. The molecular formula is C22H28N4O2S. The van der Waals surface area contributed by atoms with Gasteiger partial charge < -0.3 is 10.1 Å². The van der Waals surface area contributed by atoms with Crippen LogP contribution in [0.15, 0.2) is 29.6 Å². The molecule has 0 aliphatic carbocycles. The summed E-state index contributed by atoms with van der Waals surface area (Å²) in [5, 5.41) is 10.3. The number of anilines is 1. The topological polar surface area (TPSA) is 69.0 Å². The highest BCUT2D eigenvalue weighted by Gasteiger charge is 2.16. The molecule has 0 saturated carbocycles. The molecule has 0 aliphatic rings. The van der Waals surface area contributed by atoms with Crippen molar-refractivity contribution in [2.24, 2.45) is 5.92 Å². The molecule has 7 heteroatoms. The van der Waals surface area contributed by atoms with Gasteiger partial charge >= 0.3 is 0 Å². The zero-order chi connectivity index (χ0) is 21.0. The maximum atomic E-state index is 12.4. The van der Waals surface area contributed by atoms with E-state index in [9.17, 15) is 4.79 Å². The first-order valence-electron chi connectivity index (χ1n) is 9.81. The van der Waals surface area contributed by atoms with E-state index in [1.165, 1.54) is 16.9 Å². The summed E-state index contributed by atoms with van der Waals surface area (Å²) in [6.45, 7) is 8.61. The van der Waals surface area contributed by atoms with E-state index in [0.29, 0.717) is 17.4 Å². The molecule has 0 fully saturated rings. The number of carbonyl (C=O) groups excluding carboxylic acids is 1. The summed E-state index contributed by atoms with van der Waals surface area (Å²) in [6, 6.07) is 7.36. The van der Waals surface area contributed by atoms with Crippen molar-refractivity contribution in [1.29, 1.82) is 0 Å². The molecule has 154 valence electrons. The summed E-state index contributed by atoms with van der Waals surface area (Å²) >= 11 is 1.50. The van der Waals surface area contributed by atoms with Crippen LogP contribution in [0.2, 0.25) is 0 Å². The van der Waals surface area contributed by atoms with Crippen LogP contribution in [0.3, 0.4) is 0 Å². The van der Waals surface area contributed by atoms with E-state index in [2.05, 4.69) is 36.2 Å². The van der Waals surface area contributed by atoms with Gasteiger partial charge in [-0.1, -0.05) is 26.0 Å². The standard InChI is InChI=1S/C22H28N4O2S/c1-14(2)10-11-18-15(3)25-26(16(18)4)22-23-17(13-29-22)12-21(27)24-19-8-6-7-9-20(19)28-5/h6-9,13-14H,10-12H2,1-5H3,(H,24,27). The van der Waals surface area contributed by atoms with Gasteiger partial charge in [0.15, 0.2) is 0 Å². The molecule has 0 bridgehead atoms. The number of aryl methyl sites for hydroxylation is 1. The first-order chi connectivity index (χ1) is 13.9. The van der Waals surface area contributed by atoms with E-state index < -0.39 is 0 Å². The Kier molecular flexibility index (Phi) is 6.69. The highest BCUT2D eigenvalue weighted by molar-refractivity contribution is 7.12. The van der Waals surface area contributed by atoms with Crippen LogP contribution in [-0.2, 0) is 17.6 Å². The molecule has 0 aliphatic heterocycles. The fourth-order valence-corrected chi connectivity index (χ4v) is 4.06. The third-order valence-corrected chi connectivity index (χ3v) is 5.72. The van der Waals surface area contributed by atoms with Crippen LogP contribution >= 0.6 is 11.3 Å². The van der Waals surface area contributed by atoms with Crippen molar-refractivity contribution in [3.63, 3.8) is 0 Å². The number of benzene rings is 1. The molecule has 3 rings (SSSR count). The number of nitrogens with zero attached hydrogens (tertiary/aromatic N) is 3. The van der Waals surface area contributed by atoms with Crippen LogP contribution in [0.1, 0.15) is 42.9 Å². The average Bonchev–Trinajstić information content (AvgIpc) is 3.24. The van der Waals surface area contributed by atoms with Crippen LogP contribution in [0.25, 0.3) is 5.13 Å². The molecule has 0 radical (unpaired) electrons. The fraction of sp³-hybridized carbons (Fsp3) is 0.409. The Balaban J connectivity index is 1.71. The number of hydrogen-bond acceptors (Lipinski definition) is 5. The van der Waals surface area contributed by atoms with Crippen LogP contribution in [0.5, 0.6) is 5.75 Å². The van der Waals surface area contributed by atoms with E-state index in [0.717, 1.165) is 35.1 Å². The minimum absolute atomic E-state index is 0.127. The number of carbonyl (C=O) groups is 1. The monoisotopic (exact) mass is 412 g/mol. The van der Waals surface area contributed by atoms with E-state index in [1.807, 2.05) is 41.3 Å². The van der Waals surface area contributed by atoms with E-state index in [1.54, 1.807) is 7.11 Å². The average molecular weight is 413 g/mol. The lowest BCUT2D eigenvalue weighted by atomic mass is 10.0. The quantitative estimate of drug-likeness (QED) is 0.581. The number of rotatable bonds is 8. The molecule has 29 heavy (non-hydrogen) atoms. The Labute approximate surface area is 175 Å². The Morgan fingerprint density at radius 3 is 2.76 bits per heavy atom. The van der Waals surface area contributed by atoms with E-state index in [-0.39, 0.29) is 12.3 Å². The maximum Gasteiger partial charge on any atom is 0.230 e. The van der Waals surface area contributed by atoms with Gasteiger partial charge in [-0.25, -0.2) is 9.67 Å². The minimum atomic E-state index is -0.127.